The summed E-state index contributed by atoms with van der Waals surface area (Å²) in [6.07, 6.45) is 3.71. The normalized spacial score (nSPS) is 15.4. The predicted molar refractivity (Wildman–Crippen MR) is 92.2 cm³/mol. The Morgan fingerprint density at radius 3 is 2.41 bits per heavy atom. The first-order chi connectivity index (χ1) is 10.8. The standard InChI is InChI=1S/C19H22ClNO/c20-18-6-4-16(5-7-18)19-8-3-15(13-17(19)14-22)9-12-21-10-1-2-11-21/h3-8,13,22H,1-2,9-12,14H2. The van der Waals surface area contributed by atoms with Crippen LogP contribution in [0.25, 0.3) is 11.1 Å². The Hall–Kier alpha value is -1.35. The zero-order valence-corrected chi connectivity index (χ0v) is 13.5. The summed E-state index contributed by atoms with van der Waals surface area (Å²) in [5.41, 5.74) is 4.47. The van der Waals surface area contributed by atoms with Crippen LogP contribution in [0.4, 0.5) is 0 Å². The third-order valence-corrected chi connectivity index (χ3v) is 4.66. The van der Waals surface area contributed by atoms with Gasteiger partial charge >= 0.3 is 0 Å². The Kier molecular flexibility index (Phi) is 5.14. The van der Waals surface area contributed by atoms with Gasteiger partial charge in [-0.3, -0.25) is 0 Å². The number of nitrogens with zero attached hydrogens (tertiary/aromatic N) is 1. The van der Waals surface area contributed by atoms with Gasteiger partial charge in [-0.1, -0.05) is 41.9 Å². The second-order valence-electron chi connectivity index (χ2n) is 5.96. The van der Waals surface area contributed by atoms with Crippen LogP contribution in [-0.2, 0) is 13.0 Å². The molecule has 0 unspecified atom stereocenters. The fourth-order valence-electron chi connectivity index (χ4n) is 3.14. The van der Waals surface area contributed by atoms with Crippen LogP contribution in [0, 0.1) is 0 Å². The van der Waals surface area contributed by atoms with E-state index in [0.29, 0.717) is 0 Å². The van der Waals surface area contributed by atoms with Gasteiger partial charge in [0.05, 0.1) is 6.61 Å². The molecule has 1 N–H and O–H groups in total. The van der Waals surface area contributed by atoms with Crippen molar-refractivity contribution in [2.45, 2.75) is 25.9 Å². The van der Waals surface area contributed by atoms with E-state index in [1.165, 1.54) is 31.5 Å². The van der Waals surface area contributed by atoms with Crippen LogP contribution in [0.5, 0.6) is 0 Å². The highest BCUT2D eigenvalue weighted by Crippen LogP contribution is 2.26. The van der Waals surface area contributed by atoms with Crippen molar-refractivity contribution in [1.29, 1.82) is 0 Å². The van der Waals surface area contributed by atoms with Crippen molar-refractivity contribution in [1.82, 2.24) is 4.90 Å². The third-order valence-electron chi connectivity index (χ3n) is 4.41. The van der Waals surface area contributed by atoms with Gasteiger partial charge in [0.1, 0.15) is 0 Å². The molecule has 0 spiro atoms. The molecule has 3 rings (SSSR count). The van der Waals surface area contributed by atoms with Crippen molar-refractivity contribution < 1.29 is 5.11 Å². The SMILES string of the molecule is OCc1cc(CCN2CCCC2)ccc1-c1ccc(Cl)cc1. The zero-order valence-electron chi connectivity index (χ0n) is 12.8. The van der Waals surface area contributed by atoms with E-state index in [-0.39, 0.29) is 6.61 Å². The van der Waals surface area contributed by atoms with Crippen molar-refractivity contribution in [3.8, 4) is 11.1 Å². The van der Waals surface area contributed by atoms with Crippen LogP contribution in [0.2, 0.25) is 5.02 Å². The van der Waals surface area contributed by atoms with Gasteiger partial charge in [0, 0.05) is 11.6 Å². The molecule has 0 saturated carbocycles. The first-order valence-electron chi connectivity index (χ1n) is 7.97. The summed E-state index contributed by atoms with van der Waals surface area (Å²) in [5, 5.41) is 10.4. The van der Waals surface area contributed by atoms with Gasteiger partial charge in [-0.2, -0.15) is 0 Å². The third kappa shape index (κ3) is 3.70. The fourth-order valence-corrected chi connectivity index (χ4v) is 3.26. The minimum atomic E-state index is 0.0650. The lowest BCUT2D eigenvalue weighted by atomic mass is 9.97. The molecule has 116 valence electrons. The smallest absolute Gasteiger partial charge is 0.0687 e. The highest BCUT2D eigenvalue weighted by molar-refractivity contribution is 6.30. The Balaban J connectivity index is 1.76. The van der Waals surface area contributed by atoms with E-state index in [0.717, 1.165) is 34.7 Å². The monoisotopic (exact) mass is 315 g/mol. The molecule has 0 aromatic heterocycles. The van der Waals surface area contributed by atoms with Gasteiger partial charge in [-0.25, -0.2) is 0 Å². The average Bonchev–Trinajstić information content (AvgIpc) is 3.07. The molecule has 0 radical (unpaired) electrons. The average molecular weight is 316 g/mol. The molecule has 1 heterocycles. The number of hydrogen-bond acceptors (Lipinski definition) is 2. The second kappa shape index (κ2) is 7.28. The van der Waals surface area contributed by atoms with Crippen molar-refractivity contribution in [2.24, 2.45) is 0 Å². The molecule has 1 aliphatic rings. The summed E-state index contributed by atoms with van der Waals surface area (Å²) in [6.45, 7) is 3.64. The summed E-state index contributed by atoms with van der Waals surface area (Å²) < 4.78 is 0. The first-order valence-corrected chi connectivity index (χ1v) is 8.35. The number of benzene rings is 2. The van der Waals surface area contributed by atoms with Crippen molar-refractivity contribution in [3.05, 3.63) is 58.6 Å². The van der Waals surface area contributed by atoms with Crippen LogP contribution in [0.1, 0.15) is 24.0 Å². The highest BCUT2D eigenvalue weighted by Gasteiger charge is 2.12. The lowest BCUT2D eigenvalue weighted by Gasteiger charge is -2.15. The number of likely N-dealkylation sites (tertiary alicyclic amines) is 1. The maximum atomic E-state index is 9.70. The topological polar surface area (TPSA) is 23.5 Å². The number of aliphatic hydroxyl groups is 1. The minimum Gasteiger partial charge on any atom is -0.392 e. The fraction of sp³-hybridized carbons (Fsp3) is 0.368. The van der Waals surface area contributed by atoms with Gasteiger partial charge < -0.3 is 10.0 Å². The van der Waals surface area contributed by atoms with Crippen molar-refractivity contribution in [3.63, 3.8) is 0 Å². The molecular weight excluding hydrogens is 294 g/mol. The molecule has 0 aliphatic carbocycles. The van der Waals surface area contributed by atoms with Crippen LogP contribution < -0.4 is 0 Å². The molecule has 0 amide bonds. The lowest BCUT2D eigenvalue weighted by molar-refractivity contribution is 0.282. The molecular formula is C19H22ClNO. The first kappa shape index (κ1) is 15.5. The summed E-state index contributed by atoms with van der Waals surface area (Å²) >= 11 is 5.95. The van der Waals surface area contributed by atoms with E-state index < -0.39 is 0 Å². The number of rotatable bonds is 5. The molecule has 2 aromatic carbocycles. The van der Waals surface area contributed by atoms with E-state index in [1.54, 1.807) is 0 Å². The largest absolute Gasteiger partial charge is 0.392 e. The van der Waals surface area contributed by atoms with Gasteiger partial charge in [0.2, 0.25) is 0 Å². The van der Waals surface area contributed by atoms with Crippen LogP contribution in [0.3, 0.4) is 0 Å². The Morgan fingerprint density at radius 1 is 1.00 bits per heavy atom. The molecule has 3 heteroatoms. The Morgan fingerprint density at radius 2 is 1.73 bits per heavy atom. The van der Waals surface area contributed by atoms with E-state index in [9.17, 15) is 5.11 Å². The maximum Gasteiger partial charge on any atom is 0.0687 e. The molecule has 1 fully saturated rings. The van der Waals surface area contributed by atoms with Crippen LogP contribution in [-0.4, -0.2) is 29.6 Å². The predicted octanol–water partition coefficient (Wildman–Crippen LogP) is 4.14. The summed E-state index contributed by atoms with van der Waals surface area (Å²) in [5.74, 6) is 0. The van der Waals surface area contributed by atoms with Gasteiger partial charge in [-0.15, -0.1) is 0 Å². The molecule has 2 aromatic rings. The van der Waals surface area contributed by atoms with E-state index >= 15 is 0 Å². The molecule has 1 aliphatic heterocycles. The Bertz CT molecular complexity index is 618. The van der Waals surface area contributed by atoms with E-state index in [4.69, 9.17) is 11.6 Å². The minimum absolute atomic E-state index is 0.0650. The summed E-state index contributed by atoms with van der Waals surface area (Å²) in [7, 11) is 0. The molecule has 0 bridgehead atoms. The maximum absolute atomic E-state index is 9.70. The molecule has 0 atom stereocenters. The van der Waals surface area contributed by atoms with Gasteiger partial charge in [-0.05, 0) is 66.7 Å². The zero-order chi connectivity index (χ0) is 15.4. The van der Waals surface area contributed by atoms with Crippen LogP contribution in [0.15, 0.2) is 42.5 Å². The second-order valence-corrected chi connectivity index (χ2v) is 6.39. The quantitative estimate of drug-likeness (QED) is 0.896. The molecule has 1 saturated heterocycles. The number of hydrogen-bond donors (Lipinski definition) is 1. The van der Waals surface area contributed by atoms with Crippen molar-refractivity contribution in [2.75, 3.05) is 19.6 Å². The van der Waals surface area contributed by atoms with E-state index in [1.807, 2.05) is 24.3 Å². The summed E-state index contributed by atoms with van der Waals surface area (Å²) in [4.78, 5) is 2.52. The highest BCUT2D eigenvalue weighted by atomic mass is 35.5. The van der Waals surface area contributed by atoms with Crippen molar-refractivity contribution >= 4 is 11.6 Å². The lowest BCUT2D eigenvalue weighted by Crippen LogP contribution is -2.21. The number of halogens is 1. The summed E-state index contributed by atoms with van der Waals surface area (Å²) in [6, 6.07) is 14.2. The molecule has 2 nitrogen and oxygen atoms in total. The Labute approximate surface area is 137 Å². The van der Waals surface area contributed by atoms with Crippen LogP contribution >= 0.6 is 11.6 Å². The van der Waals surface area contributed by atoms with E-state index in [2.05, 4.69) is 23.1 Å². The van der Waals surface area contributed by atoms with Gasteiger partial charge in [0.15, 0.2) is 0 Å². The molecule has 22 heavy (non-hydrogen) atoms. The van der Waals surface area contributed by atoms with Gasteiger partial charge in [0.25, 0.3) is 0 Å². The number of aliphatic hydroxyl groups excluding tert-OH is 1.